The molecule has 0 saturated carbocycles. The zero-order valence-corrected chi connectivity index (χ0v) is 14.7. The third-order valence-corrected chi connectivity index (χ3v) is 3.76. The van der Waals surface area contributed by atoms with Gasteiger partial charge in [0.25, 0.3) is 5.91 Å². The Balaban J connectivity index is 0.00000288. The van der Waals surface area contributed by atoms with Gasteiger partial charge in [0, 0.05) is 13.0 Å². The molecule has 7 heteroatoms. The summed E-state index contributed by atoms with van der Waals surface area (Å²) in [5.41, 5.74) is -1.18. The highest BCUT2D eigenvalue weighted by Gasteiger charge is 2.42. The van der Waals surface area contributed by atoms with E-state index in [9.17, 15) is 14.0 Å². The minimum atomic E-state index is -1.92. The largest absolute Gasteiger partial charge is 0.463 e. The molecular weight excluding hydrogens is 335 g/mol. The summed E-state index contributed by atoms with van der Waals surface area (Å²) in [4.78, 5) is 24.2. The number of hydrogen-bond acceptors (Lipinski definition) is 4. The van der Waals surface area contributed by atoms with Crippen LogP contribution in [0.3, 0.4) is 0 Å². The Kier molecular flexibility index (Phi) is 7.63. The average molecular weight is 359 g/mol. The summed E-state index contributed by atoms with van der Waals surface area (Å²) in [5.74, 6) is -1.11. The van der Waals surface area contributed by atoms with E-state index in [1.807, 2.05) is 18.2 Å². The van der Waals surface area contributed by atoms with Crippen LogP contribution in [0.2, 0.25) is 0 Å². The molecule has 2 atom stereocenters. The van der Waals surface area contributed by atoms with E-state index in [1.54, 1.807) is 26.0 Å². The minimum absolute atomic E-state index is 0. The van der Waals surface area contributed by atoms with Gasteiger partial charge in [0.1, 0.15) is 0 Å². The van der Waals surface area contributed by atoms with E-state index in [4.69, 9.17) is 4.74 Å². The van der Waals surface area contributed by atoms with Crippen molar-refractivity contribution in [3.63, 3.8) is 0 Å². The lowest BCUT2D eigenvalue weighted by atomic mass is 10.00. The maximum Gasteiger partial charge on any atom is 0.308 e. The minimum Gasteiger partial charge on any atom is -0.463 e. The van der Waals surface area contributed by atoms with Crippen molar-refractivity contribution in [3.05, 3.63) is 35.9 Å². The number of carbonyl (C=O) groups excluding carboxylic acids is 2. The van der Waals surface area contributed by atoms with Gasteiger partial charge in [-0.15, -0.1) is 12.4 Å². The molecule has 1 heterocycles. The van der Waals surface area contributed by atoms with Crippen LogP contribution in [0.1, 0.15) is 38.3 Å². The molecule has 0 aromatic heterocycles. The Morgan fingerprint density at radius 3 is 2.54 bits per heavy atom. The summed E-state index contributed by atoms with van der Waals surface area (Å²) in [6, 6.07) is 8.45. The van der Waals surface area contributed by atoms with Crippen molar-refractivity contribution in [3.8, 4) is 0 Å². The number of carbonyl (C=O) groups is 2. The lowest BCUT2D eigenvalue weighted by molar-refractivity contribution is -0.148. The fraction of sp³-hybridized carbons (Fsp3) is 0.529. The first kappa shape index (κ1) is 20.4. The molecule has 134 valence electrons. The first-order valence-corrected chi connectivity index (χ1v) is 7.86. The SMILES string of the molecule is CC(C)OC(=O)CC(NC(=O)C1(F)CCNC1)c1ccccc1.Cl. The molecule has 1 aliphatic heterocycles. The highest BCUT2D eigenvalue weighted by molar-refractivity contribution is 5.86. The highest BCUT2D eigenvalue weighted by atomic mass is 35.5. The van der Waals surface area contributed by atoms with Gasteiger partial charge in [0.15, 0.2) is 0 Å². The molecule has 1 saturated heterocycles. The van der Waals surface area contributed by atoms with Gasteiger partial charge in [-0.3, -0.25) is 9.59 Å². The van der Waals surface area contributed by atoms with Crippen molar-refractivity contribution in [2.45, 2.75) is 44.5 Å². The summed E-state index contributed by atoms with van der Waals surface area (Å²) in [5, 5.41) is 5.51. The molecule has 0 radical (unpaired) electrons. The van der Waals surface area contributed by atoms with E-state index in [-0.39, 0.29) is 37.9 Å². The van der Waals surface area contributed by atoms with Gasteiger partial charge in [0.2, 0.25) is 5.67 Å². The van der Waals surface area contributed by atoms with Crippen LogP contribution in [-0.4, -0.2) is 36.7 Å². The second kappa shape index (κ2) is 8.99. The summed E-state index contributed by atoms with van der Waals surface area (Å²) in [6.45, 7) is 3.98. The number of amides is 1. The second-order valence-electron chi connectivity index (χ2n) is 6.07. The van der Waals surface area contributed by atoms with E-state index in [0.717, 1.165) is 5.56 Å². The van der Waals surface area contributed by atoms with Crippen LogP contribution in [0.25, 0.3) is 0 Å². The third kappa shape index (κ3) is 5.46. The van der Waals surface area contributed by atoms with Crippen molar-refractivity contribution < 1.29 is 18.7 Å². The molecule has 2 N–H and O–H groups in total. The monoisotopic (exact) mass is 358 g/mol. The topological polar surface area (TPSA) is 67.4 Å². The van der Waals surface area contributed by atoms with Gasteiger partial charge >= 0.3 is 5.97 Å². The average Bonchev–Trinajstić information content (AvgIpc) is 2.95. The molecule has 5 nitrogen and oxygen atoms in total. The molecule has 1 aliphatic rings. The lowest BCUT2D eigenvalue weighted by Gasteiger charge is -2.24. The number of ether oxygens (including phenoxy) is 1. The molecule has 24 heavy (non-hydrogen) atoms. The summed E-state index contributed by atoms with van der Waals surface area (Å²) < 4.78 is 19.7. The number of nitrogens with one attached hydrogen (secondary N) is 2. The summed E-state index contributed by atoms with van der Waals surface area (Å²) in [7, 11) is 0. The first-order chi connectivity index (χ1) is 10.9. The Bertz CT molecular complexity index is 548. The van der Waals surface area contributed by atoms with Crippen molar-refractivity contribution in [1.29, 1.82) is 0 Å². The number of halogens is 2. The summed E-state index contributed by atoms with van der Waals surface area (Å²) in [6.07, 6.45) is -0.130. The molecule has 1 amide bonds. The van der Waals surface area contributed by atoms with Gasteiger partial charge in [-0.05, 0) is 26.0 Å². The smallest absolute Gasteiger partial charge is 0.308 e. The number of hydrogen-bond donors (Lipinski definition) is 2. The molecule has 1 fully saturated rings. The highest BCUT2D eigenvalue weighted by Crippen LogP contribution is 2.24. The standard InChI is InChI=1S/C17H23FN2O3.ClH/c1-12(2)23-15(21)10-14(13-6-4-3-5-7-13)20-16(22)17(18)8-9-19-11-17;/h3-7,12,14,19H,8-11H2,1-2H3,(H,20,22);1H. The van der Waals surface area contributed by atoms with Crippen LogP contribution in [0.15, 0.2) is 30.3 Å². The van der Waals surface area contributed by atoms with Crippen molar-refractivity contribution >= 4 is 24.3 Å². The van der Waals surface area contributed by atoms with E-state index in [1.165, 1.54) is 0 Å². The van der Waals surface area contributed by atoms with Gasteiger partial charge in [-0.2, -0.15) is 0 Å². The lowest BCUT2D eigenvalue weighted by Crippen LogP contribution is -2.46. The molecule has 1 aromatic rings. The Labute approximate surface area is 147 Å². The van der Waals surface area contributed by atoms with Crippen molar-refractivity contribution in [1.82, 2.24) is 10.6 Å². The Morgan fingerprint density at radius 2 is 2.00 bits per heavy atom. The van der Waals surface area contributed by atoms with Crippen molar-refractivity contribution in [2.24, 2.45) is 0 Å². The zero-order chi connectivity index (χ0) is 16.9. The fourth-order valence-corrected chi connectivity index (χ4v) is 2.56. The van der Waals surface area contributed by atoms with E-state index < -0.39 is 23.6 Å². The Hall–Kier alpha value is -1.66. The maximum atomic E-state index is 14.5. The Morgan fingerprint density at radius 1 is 1.33 bits per heavy atom. The molecule has 0 bridgehead atoms. The van der Waals surface area contributed by atoms with Gasteiger partial charge in [0.05, 0.1) is 18.6 Å². The summed E-state index contributed by atoms with van der Waals surface area (Å²) >= 11 is 0. The van der Waals surface area contributed by atoms with Gasteiger partial charge in [-0.25, -0.2) is 4.39 Å². The van der Waals surface area contributed by atoms with Gasteiger partial charge in [-0.1, -0.05) is 30.3 Å². The number of esters is 1. The number of benzene rings is 1. The zero-order valence-electron chi connectivity index (χ0n) is 13.9. The second-order valence-corrected chi connectivity index (χ2v) is 6.07. The third-order valence-electron chi connectivity index (χ3n) is 3.76. The van der Waals surface area contributed by atoms with Crippen LogP contribution in [-0.2, 0) is 14.3 Å². The number of alkyl halides is 1. The van der Waals surface area contributed by atoms with Gasteiger partial charge < -0.3 is 15.4 Å². The fourth-order valence-electron chi connectivity index (χ4n) is 2.56. The molecule has 2 rings (SSSR count). The molecule has 2 unspecified atom stereocenters. The molecular formula is C17H24ClFN2O3. The quantitative estimate of drug-likeness (QED) is 0.766. The van der Waals surface area contributed by atoms with Crippen LogP contribution in [0.5, 0.6) is 0 Å². The maximum absolute atomic E-state index is 14.5. The van der Waals surface area contributed by atoms with Crippen LogP contribution >= 0.6 is 12.4 Å². The van der Waals surface area contributed by atoms with E-state index >= 15 is 0 Å². The molecule has 0 aliphatic carbocycles. The van der Waals surface area contributed by atoms with E-state index in [0.29, 0.717) is 6.54 Å². The van der Waals surface area contributed by atoms with Crippen molar-refractivity contribution in [2.75, 3.05) is 13.1 Å². The van der Waals surface area contributed by atoms with Crippen LogP contribution < -0.4 is 10.6 Å². The van der Waals surface area contributed by atoms with Crippen LogP contribution in [0, 0.1) is 0 Å². The molecule has 1 aromatic carbocycles. The molecule has 0 spiro atoms. The predicted molar refractivity (Wildman–Crippen MR) is 91.7 cm³/mol. The normalized spacial score (nSPS) is 21.0. The predicted octanol–water partition coefficient (Wildman–Crippen LogP) is 2.31. The first-order valence-electron chi connectivity index (χ1n) is 7.86. The van der Waals surface area contributed by atoms with E-state index in [2.05, 4.69) is 10.6 Å². The van der Waals surface area contributed by atoms with Crippen LogP contribution in [0.4, 0.5) is 4.39 Å². The number of rotatable bonds is 6.